The third-order valence-electron chi connectivity index (χ3n) is 4.69. The first-order valence-corrected chi connectivity index (χ1v) is 11.6. The highest BCUT2D eigenvalue weighted by molar-refractivity contribution is 9.10. The van der Waals surface area contributed by atoms with Gasteiger partial charge in [0.15, 0.2) is 0 Å². The van der Waals surface area contributed by atoms with Gasteiger partial charge in [-0.2, -0.15) is 5.10 Å². The second-order valence-corrected chi connectivity index (χ2v) is 10.0. The van der Waals surface area contributed by atoms with Crippen molar-refractivity contribution < 1.29 is 19.1 Å². The Labute approximate surface area is 196 Å². The molecule has 0 radical (unpaired) electrons. The van der Waals surface area contributed by atoms with Crippen LogP contribution in [0, 0.1) is 0 Å². The quantitative estimate of drug-likeness (QED) is 0.535. The molecule has 2 aliphatic heterocycles. The van der Waals surface area contributed by atoms with Gasteiger partial charge in [0.1, 0.15) is 4.91 Å². The van der Waals surface area contributed by atoms with Gasteiger partial charge in [0.2, 0.25) is 9.37 Å². The molecule has 1 unspecified atom stereocenters. The Morgan fingerprint density at radius 3 is 2.19 bits per heavy atom. The Hall–Kier alpha value is -2.43. The number of allylic oxidation sites excluding steroid dienone is 1. The maximum atomic E-state index is 12.6. The highest BCUT2D eigenvalue weighted by Crippen LogP contribution is 2.60. The summed E-state index contributed by atoms with van der Waals surface area (Å²) in [7, 11) is 2.67. The monoisotopic (exact) mass is 519 g/mol. The van der Waals surface area contributed by atoms with E-state index >= 15 is 0 Å². The van der Waals surface area contributed by atoms with E-state index in [1.807, 2.05) is 66.4 Å². The average molecular weight is 520 g/mol. The van der Waals surface area contributed by atoms with Crippen molar-refractivity contribution >= 4 is 67.8 Å². The van der Waals surface area contributed by atoms with Gasteiger partial charge in [-0.15, -0.1) is 0 Å². The lowest BCUT2D eigenvalue weighted by Crippen LogP contribution is -2.49. The molecular weight excluding hydrogens is 502 g/mol. The van der Waals surface area contributed by atoms with Crippen LogP contribution < -0.4 is 9.91 Å². The van der Waals surface area contributed by atoms with E-state index < -0.39 is 16.3 Å². The molecule has 0 saturated carbocycles. The van der Waals surface area contributed by atoms with Crippen molar-refractivity contribution in [1.29, 1.82) is 0 Å². The summed E-state index contributed by atoms with van der Waals surface area (Å²) in [5.74, 6) is -0.982. The highest BCUT2D eigenvalue weighted by atomic mass is 79.9. The molecule has 10 heteroatoms. The van der Waals surface area contributed by atoms with Gasteiger partial charge < -0.3 is 14.4 Å². The van der Waals surface area contributed by atoms with Crippen molar-refractivity contribution in [1.82, 2.24) is 0 Å². The summed E-state index contributed by atoms with van der Waals surface area (Å²) in [4.78, 5) is 27.5. The lowest BCUT2D eigenvalue weighted by molar-refractivity contribution is -0.135. The molecule has 2 aliphatic rings. The zero-order valence-electron chi connectivity index (χ0n) is 16.9. The Morgan fingerprint density at radius 2 is 1.58 bits per heavy atom. The topological polar surface area (TPSA) is 71.4 Å². The number of carbonyl (C=O) groups is 2. The van der Waals surface area contributed by atoms with Crippen LogP contribution in [0.5, 0.6) is 0 Å². The number of benzene rings is 2. The van der Waals surface area contributed by atoms with Gasteiger partial charge in [-0.3, -0.25) is 0 Å². The number of halogens is 1. The zero-order valence-corrected chi connectivity index (χ0v) is 20.1. The molecule has 0 fully saturated rings. The number of hydrogen-bond donors (Lipinski definition) is 0. The minimum absolute atomic E-state index is 0.192. The van der Waals surface area contributed by atoms with E-state index in [0.29, 0.717) is 10.6 Å². The fourth-order valence-electron chi connectivity index (χ4n) is 3.30. The number of hydrogen-bond acceptors (Lipinski definition) is 9. The van der Waals surface area contributed by atoms with Gasteiger partial charge >= 0.3 is 11.9 Å². The SMILES string of the molecule is COC(=O)C1=NN(c2ccc(Br)cc2)C2(S1)SC(C(=O)OC)=C(C)N2c1ccccc1. The van der Waals surface area contributed by atoms with Crippen molar-refractivity contribution in [3.63, 3.8) is 0 Å². The van der Waals surface area contributed by atoms with Gasteiger partial charge in [0.05, 0.1) is 19.9 Å². The highest BCUT2D eigenvalue weighted by Gasteiger charge is 2.58. The number of ether oxygens (including phenoxy) is 2. The van der Waals surface area contributed by atoms with Crippen LogP contribution in [0.4, 0.5) is 11.4 Å². The van der Waals surface area contributed by atoms with Crippen LogP contribution in [0.25, 0.3) is 0 Å². The second kappa shape index (κ2) is 8.60. The van der Waals surface area contributed by atoms with E-state index in [2.05, 4.69) is 21.0 Å². The average Bonchev–Trinajstić information content (AvgIpc) is 3.31. The first kappa shape index (κ1) is 21.8. The number of methoxy groups -OCH3 is 2. The molecule has 160 valence electrons. The third-order valence-corrected chi connectivity index (χ3v) is 8.07. The fourth-order valence-corrected chi connectivity index (χ4v) is 6.57. The van der Waals surface area contributed by atoms with E-state index in [1.54, 1.807) is 5.01 Å². The molecule has 7 nitrogen and oxygen atoms in total. The number of carbonyl (C=O) groups excluding carboxylic acids is 2. The van der Waals surface area contributed by atoms with Crippen molar-refractivity contribution in [2.24, 2.45) is 5.10 Å². The van der Waals surface area contributed by atoms with Crippen LogP contribution in [0.3, 0.4) is 0 Å². The van der Waals surface area contributed by atoms with E-state index in [4.69, 9.17) is 9.47 Å². The van der Waals surface area contributed by atoms with Crippen LogP contribution in [-0.2, 0) is 19.1 Å². The molecule has 4 rings (SSSR count). The zero-order chi connectivity index (χ0) is 22.2. The normalized spacial score (nSPS) is 20.3. The number of rotatable bonds is 4. The Bertz CT molecular complexity index is 1090. The van der Waals surface area contributed by atoms with Crippen LogP contribution in [0.15, 0.2) is 74.8 Å². The van der Waals surface area contributed by atoms with Crippen molar-refractivity contribution in [3.05, 3.63) is 69.7 Å². The standard InChI is InChI=1S/C21H18BrN3O4S2/c1-13-17(19(26)28-2)30-21(24(13)15-7-5-4-6-8-15)25(16-11-9-14(22)10-12-16)23-18(31-21)20(27)29-3/h4-12H,1-3H3. The lowest BCUT2D eigenvalue weighted by atomic mass is 10.2. The molecule has 0 saturated heterocycles. The van der Waals surface area contributed by atoms with Crippen molar-refractivity contribution in [3.8, 4) is 0 Å². The molecule has 0 aliphatic carbocycles. The van der Waals surface area contributed by atoms with E-state index in [0.717, 1.165) is 15.8 Å². The van der Waals surface area contributed by atoms with Gasteiger partial charge in [0, 0.05) is 15.9 Å². The van der Waals surface area contributed by atoms with Crippen LogP contribution in [0.2, 0.25) is 0 Å². The fraction of sp³-hybridized carbons (Fsp3) is 0.190. The molecule has 0 aromatic heterocycles. The predicted octanol–water partition coefficient (Wildman–Crippen LogP) is 4.76. The Balaban J connectivity index is 1.91. The van der Waals surface area contributed by atoms with Gasteiger partial charge in [-0.25, -0.2) is 14.6 Å². The van der Waals surface area contributed by atoms with Gasteiger partial charge in [-0.1, -0.05) is 45.9 Å². The number of para-hydroxylation sites is 1. The number of hydrazone groups is 1. The molecule has 0 amide bonds. The second-order valence-electron chi connectivity index (χ2n) is 6.51. The smallest absolute Gasteiger partial charge is 0.365 e. The molecule has 1 atom stereocenters. The summed E-state index contributed by atoms with van der Waals surface area (Å²) in [5, 5.41) is 6.54. The minimum Gasteiger partial charge on any atom is -0.465 e. The van der Waals surface area contributed by atoms with Crippen LogP contribution >= 0.6 is 39.5 Å². The molecule has 0 bridgehead atoms. The van der Waals surface area contributed by atoms with Crippen LogP contribution in [-0.4, -0.2) is 35.5 Å². The number of esters is 2. The maximum Gasteiger partial charge on any atom is 0.365 e. The molecule has 2 aromatic rings. The van der Waals surface area contributed by atoms with E-state index in [9.17, 15) is 9.59 Å². The Kier molecular flexibility index (Phi) is 6.05. The summed E-state index contributed by atoms with van der Waals surface area (Å²) in [5.41, 5.74) is 2.31. The summed E-state index contributed by atoms with van der Waals surface area (Å²) in [6.45, 7) is 1.86. The summed E-state index contributed by atoms with van der Waals surface area (Å²) in [6.07, 6.45) is 0. The minimum atomic E-state index is -0.994. The maximum absolute atomic E-state index is 12.6. The number of nitrogens with zero attached hydrogens (tertiary/aromatic N) is 3. The lowest BCUT2D eigenvalue weighted by Gasteiger charge is -2.41. The summed E-state index contributed by atoms with van der Waals surface area (Å²) in [6, 6.07) is 17.2. The van der Waals surface area contributed by atoms with Crippen LogP contribution in [0.1, 0.15) is 6.92 Å². The molecule has 31 heavy (non-hydrogen) atoms. The molecule has 2 aromatic carbocycles. The molecule has 1 spiro atoms. The summed E-state index contributed by atoms with van der Waals surface area (Å²) < 4.78 is 9.90. The van der Waals surface area contributed by atoms with Crippen molar-refractivity contribution in [2.75, 3.05) is 24.1 Å². The largest absolute Gasteiger partial charge is 0.465 e. The van der Waals surface area contributed by atoms with E-state index in [1.165, 1.54) is 37.7 Å². The number of thioether (sulfide) groups is 2. The molecule has 0 N–H and O–H groups in total. The van der Waals surface area contributed by atoms with Gasteiger partial charge in [-0.05, 0) is 55.1 Å². The van der Waals surface area contributed by atoms with Gasteiger partial charge in [0.25, 0.3) is 0 Å². The molecular formula is C21H18BrN3O4S2. The predicted molar refractivity (Wildman–Crippen MR) is 128 cm³/mol. The third kappa shape index (κ3) is 3.72. The van der Waals surface area contributed by atoms with Crippen molar-refractivity contribution in [2.45, 2.75) is 11.3 Å². The van der Waals surface area contributed by atoms with E-state index in [-0.39, 0.29) is 5.04 Å². The first-order chi connectivity index (χ1) is 14.9. The Morgan fingerprint density at radius 1 is 0.935 bits per heavy atom. The number of anilines is 2. The first-order valence-electron chi connectivity index (χ1n) is 9.16. The molecule has 2 heterocycles. The summed E-state index contributed by atoms with van der Waals surface area (Å²) >= 11 is 5.97.